The van der Waals surface area contributed by atoms with E-state index in [1.54, 1.807) is 14.2 Å². The topological polar surface area (TPSA) is 27.7 Å². The molecule has 0 aromatic heterocycles. The summed E-state index contributed by atoms with van der Waals surface area (Å²) in [5.74, 6) is 0. The minimum absolute atomic E-state index is 0. The van der Waals surface area contributed by atoms with E-state index in [0.717, 1.165) is 0 Å². The molecule has 0 bridgehead atoms. The normalized spacial score (nSPS) is 8.77. The van der Waals surface area contributed by atoms with Gasteiger partial charge in [0, 0.05) is 14.2 Å². The van der Waals surface area contributed by atoms with Crippen molar-refractivity contribution in [2.24, 2.45) is 0 Å². The molecule has 0 aliphatic carbocycles. The fraction of sp³-hybridized carbons (Fsp3) is 0.667. The van der Waals surface area contributed by atoms with Gasteiger partial charge in [0.15, 0.2) is 0 Å². The van der Waals surface area contributed by atoms with E-state index in [9.17, 15) is 0 Å². The van der Waals surface area contributed by atoms with Gasteiger partial charge in [0.25, 0.3) is 0 Å². The van der Waals surface area contributed by atoms with Gasteiger partial charge < -0.3 is 35.0 Å². The number of hydrogen-bond donors (Lipinski definition) is 0. The van der Waals surface area contributed by atoms with Crippen molar-refractivity contribution in [3.63, 3.8) is 0 Å². The van der Waals surface area contributed by atoms with E-state index in [1.807, 2.05) is 0 Å². The van der Waals surface area contributed by atoms with Crippen LogP contribution in [0.25, 0.3) is 0 Å². The van der Waals surface area contributed by atoms with Crippen molar-refractivity contribution < 1.29 is 33.1 Å². The van der Waals surface area contributed by atoms with Crippen molar-refractivity contribution in [1.82, 2.24) is 0 Å². The Labute approximate surface area is 94.3 Å². The van der Waals surface area contributed by atoms with Crippen molar-refractivity contribution in [3.05, 3.63) is 20.8 Å². The Morgan fingerprint density at radius 2 is 1.38 bits per heavy atom. The largest absolute Gasteiger partial charge is 1.00 e. The van der Waals surface area contributed by atoms with Crippen LogP contribution in [0.15, 0.2) is 0 Å². The third-order valence-corrected chi connectivity index (χ3v) is 1.05. The Balaban J connectivity index is -0.000000150. The number of ether oxygens (including phenoxy) is 3. The molecular formula is C9H19LiO3-2. The SMILES string of the molecule is [CH2-]CC(OC)OC.[CH2-]COC[CH2-].[Li+]. The summed E-state index contributed by atoms with van der Waals surface area (Å²) in [4.78, 5) is 0. The zero-order valence-electron chi connectivity index (χ0n) is 9.04. The van der Waals surface area contributed by atoms with Crippen LogP contribution in [0.3, 0.4) is 0 Å². The summed E-state index contributed by atoms with van der Waals surface area (Å²) < 4.78 is 14.1. The quantitative estimate of drug-likeness (QED) is 0.294. The van der Waals surface area contributed by atoms with Crippen LogP contribution in [0.1, 0.15) is 6.42 Å². The van der Waals surface area contributed by atoms with Crippen LogP contribution in [-0.4, -0.2) is 33.7 Å². The van der Waals surface area contributed by atoms with Gasteiger partial charge in [-0.2, -0.15) is 0 Å². The molecule has 0 fully saturated rings. The van der Waals surface area contributed by atoms with E-state index in [4.69, 9.17) is 9.47 Å². The van der Waals surface area contributed by atoms with Crippen molar-refractivity contribution >= 4 is 0 Å². The minimum atomic E-state index is -0.125. The monoisotopic (exact) mass is 182 g/mol. The van der Waals surface area contributed by atoms with Gasteiger partial charge in [-0.15, -0.1) is 6.42 Å². The van der Waals surface area contributed by atoms with E-state index < -0.39 is 0 Å². The van der Waals surface area contributed by atoms with Gasteiger partial charge in [-0.05, 0) is 0 Å². The predicted molar refractivity (Wildman–Crippen MR) is 49.3 cm³/mol. The van der Waals surface area contributed by atoms with Gasteiger partial charge in [0.1, 0.15) is 6.29 Å². The molecule has 0 N–H and O–H groups in total. The molecule has 3 nitrogen and oxygen atoms in total. The summed E-state index contributed by atoms with van der Waals surface area (Å²) in [6, 6.07) is 0. The molecule has 0 spiro atoms. The molecule has 0 aliphatic heterocycles. The molecule has 4 heteroatoms. The maximum absolute atomic E-state index is 4.76. The molecular weight excluding hydrogens is 163 g/mol. The molecule has 0 heterocycles. The first kappa shape index (κ1) is 19.1. The van der Waals surface area contributed by atoms with Crippen molar-refractivity contribution in [2.75, 3.05) is 27.4 Å². The van der Waals surface area contributed by atoms with Gasteiger partial charge in [0.05, 0.1) is 0 Å². The van der Waals surface area contributed by atoms with E-state index in [0.29, 0.717) is 19.6 Å². The van der Waals surface area contributed by atoms with Crippen LogP contribution >= 0.6 is 0 Å². The summed E-state index contributed by atoms with van der Waals surface area (Å²) in [7, 11) is 3.19. The summed E-state index contributed by atoms with van der Waals surface area (Å²) >= 11 is 0. The number of hydrogen-bond acceptors (Lipinski definition) is 3. The summed E-state index contributed by atoms with van der Waals surface area (Å²) in [6.07, 6.45) is 0.535. The van der Waals surface area contributed by atoms with Crippen molar-refractivity contribution in [1.29, 1.82) is 0 Å². The maximum Gasteiger partial charge on any atom is 1.00 e. The van der Waals surface area contributed by atoms with Crippen LogP contribution in [0, 0.1) is 20.8 Å². The molecule has 0 atom stereocenters. The number of methoxy groups -OCH3 is 2. The van der Waals surface area contributed by atoms with Gasteiger partial charge in [0.2, 0.25) is 0 Å². The molecule has 0 radical (unpaired) electrons. The van der Waals surface area contributed by atoms with Gasteiger partial charge in [-0.25, -0.2) is 0 Å². The Bertz CT molecular complexity index is 60.4. The van der Waals surface area contributed by atoms with Crippen LogP contribution < -0.4 is 18.9 Å². The molecule has 0 aliphatic rings. The third-order valence-electron chi connectivity index (χ3n) is 1.05. The maximum atomic E-state index is 4.76. The fourth-order valence-electron chi connectivity index (χ4n) is 0.434. The molecule has 0 saturated heterocycles. The summed E-state index contributed by atoms with van der Waals surface area (Å²) in [5.41, 5.74) is 0. The van der Waals surface area contributed by atoms with Crippen molar-refractivity contribution in [3.8, 4) is 0 Å². The standard InChI is InChI=1S/C5H11O2.C4H8O.Li/c1-4-5(6-2)7-3;1-3-5-4-2;/h5H,1,4H2,2-3H3;1-4H2;/q-1;-2;+1. The molecule has 0 amide bonds. The zero-order valence-corrected chi connectivity index (χ0v) is 9.04. The van der Waals surface area contributed by atoms with E-state index in [2.05, 4.69) is 25.5 Å². The van der Waals surface area contributed by atoms with E-state index >= 15 is 0 Å². The molecule has 0 rings (SSSR count). The zero-order chi connectivity index (χ0) is 9.82. The number of rotatable bonds is 5. The summed E-state index contributed by atoms with van der Waals surface area (Å²) in [5, 5.41) is 0. The molecule has 0 saturated carbocycles. The molecule has 0 aromatic carbocycles. The first-order valence-electron chi connectivity index (χ1n) is 3.77. The molecule has 0 aromatic rings. The first-order valence-corrected chi connectivity index (χ1v) is 3.77. The van der Waals surface area contributed by atoms with Gasteiger partial charge in [-0.3, -0.25) is 0 Å². The second-order valence-corrected chi connectivity index (χ2v) is 1.80. The van der Waals surface area contributed by atoms with E-state index in [1.165, 1.54) is 0 Å². The predicted octanol–water partition coefficient (Wildman–Crippen LogP) is -1.50. The second-order valence-electron chi connectivity index (χ2n) is 1.80. The van der Waals surface area contributed by atoms with Crippen LogP contribution in [0.5, 0.6) is 0 Å². The van der Waals surface area contributed by atoms with Crippen molar-refractivity contribution in [2.45, 2.75) is 12.7 Å². The van der Waals surface area contributed by atoms with Gasteiger partial charge in [-0.1, -0.05) is 13.2 Å². The van der Waals surface area contributed by atoms with Crippen LogP contribution in [-0.2, 0) is 14.2 Å². The van der Waals surface area contributed by atoms with E-state index in [-0.39, 0.29) is 25.2 Å². The molecule has 76 valence electrons. The van der Waals surface area contributed by atoms with Crippen LogP contribution in [0.2, 0.25) is 0 Å². The Kier molecular flexibility index (Phi) is 26.9. The Morgan fingerprint density at radius 3 is 1.38 bits per heavy atom. The average molecular weight is 182 g/mol. The van der Waals surface area contributed by atoms with Crippen LogP contribution in [0.4, 0.5) is 0 Å². The molecule has 0 unspecified atom stereocenters. The minimum Gasteiger partial charge on any atom is -0.445 e. The van der Waals surface area contributed by atoms with Gasteiger partial charge >= 0.3 is 18.9 Å². The fourth-order valence-corrected chi connectivity index (χ4v) is 0.434. The smallest absolute Gasteiger partial charge is 0.445 e. The summed E-state index contributed by atoms with van der Waals surface area (Å²) in [6.45, 7) is 11.5. The average Bonchev–Trinajstić information content (AvgIpc) is 2.10. The second kappa shape index (κ2) is 18.3. The Morgan fingerprint density at radius 1 is 1.00 bits per heavy atom. The Hall–Kier alpha value is 0.477. The first-order chi connectivity index (χ1) is 5.76. The molecule has 13 heavy (non-hydrogen) atoms. The third kappa shape index (κ3) is 19.1.